The van der Waals surface area contributed by atoms with Gasteiger partial charge in [-0.15, -0.1) is 11.3 Å². The Morgan fingerprint density at radius 2 is 2.47 bits per heavy atom. The van der Waals surface area contributed by atoms with Crippen LogP contribution in [0.2, 0.25) is 0 Å². The molecule has 0 aliphatic heterocycles. The Hall–Kier alpha value is -1.82. The molecular weight excluding hydrogens is 240 g/mol. The third-order valence-electron chi connectivity index (χ3n) is 2.20. The number of ether oxygens (including phenoxy) is 1. The number of imidazole rings is 1. The minimum Gasteiger partial charge on any atom is -0.492 e. The largest absolute Gasteiger partial charge is 0.492 e. The molecule has 0 bridgehead atoms. The molecule has 0 saturated carbocycles. The van der Waals surface area contributed by atoms with Gasteiger partial charge in [0.25, 0.3) is 0 Å². The minimum atomic E-state index is -0.940. The van der Waals surface area contributed by atoms with Gasteiger partial charge in [-0.05, 0) is 17.9 Å². The van der Waals surface area contributed by atoms with Crippen molar-refractivity contribution in [2.45, 2.75) is 13.0 Å². The third kappa shape index (κ3) is 3.07. The molecule has 0 aliphatic rings. The highest BCUT2D eigenvalue weighted by atomic mass is 32.1. The number of thiophene rings is 1. The maximum Gasteiger partial charge on any atom is 0.349 e. The number of hydrogen-bond donors (Lipinski definition) is 1. The lowest BCUT2D eigenvalue weighted by Gasteiger charge is -2.05. The number of rotatable bonds is 6. The molecule has 0 atom stereocenters. The highest BCUT2D eigenvalue weighted by Gasteiger charge is 2.12. The van der Waals surface area contributed by atoms with Crippen LogP contribution in [0.25, 0.3) is 0 Å². The molecule has 2 aromatic heterocycles. The quantitative estimate of drug-likeness (QED) is 0.800. The molecule has 2 rings (SSSR count). The van der Waals surface area contributed by atoms with Gasteiger partial charge in [0.05, 0.1) is 12.9 Å². The van der Waals surface area contributed by atoms with Crippen LogP contribution in [-0.4, -0.2) is 27.2 Å². The number of nitrogens with zero attached hydrogens (tertiary/aromatic N) is 2. The van der Waals surface area contributed by atoms with Gasteiger partial charge in [-0.1, -0.05) is 0 Å². The Bertz CT molecular complexity index is 479. The minimum absolute atomic E-state index is 0.257. The maximum atomic E-state index is 10.8. The van der Waals surface area contributed by atoms with Crippen molar-refractivity contribution in [2.75, 3.05) is 6.61 Å². The Labute approximate surface area is 102 Å². The Kier molecular flexibility index (Phi) is 3.77. The molecule has 2 aromatic rings. The van der Waals surface area contributed by atoms with E-state index in [2.05, 4.69) is 4.98 Å². The number of carboxylic acids is 1. The van der Waals surface area contributed by atoms with Crippen molar-refractivity contribution >= 4 is 17.3 Å². The number of aromatic carboxylic acids is 1. The Morgan fingerprint density at radius 1 is 1.59 bits per heavy atom. The van der Waals surface area contributed by atoms with Crippen molar-refractivity contribution < 1.29 is 14.6 Å². The monoisotopic (exact) mass is 252 g/mol. The first-order chi connectivity index (χ1) is 8.27. The third-order valence-corrected chi connectivity index (χ3v) is 3.08. The molecule has 90 valence electrons. The molecule has 17 heavy (non-hydrogen) atoms. The zero-order valence-electron chi connectivity index (χ0n) is 9.07. The van der Waals surface area contributed by atoms with Gasteiger partial charge in [-0.3, -0.25) is 0 Å². The molecule has 0 spiro atoms. The van der Waals surface area contributed by atoms with E-state index in [0.717, 1.165) is 13.0 Å². The van der Waals surface area contributed by atoms with E-state index in [4.69, 9.17) is 9.84 Å². The van der Waals surface area contributed by atoms with E-state index in [0.29, 0.717) is 12.4 Å². The van der Waals surface area contributed by atoms with Crippen LogP contribution >= 0.6 is 11.3 Å². The van der Waals surface area contributed by atoms with Crippen molar-refractivity contribution in [2.24, 2.45) is 0 Å². The zero-order chi connectivity index (χ0) is 12.1. The average molecular weight is 252 g/mol. The highest BCUT2D eigenvalue weighted by Crippen LogP contribution is 2.24. The number of aryl methyl sites for hydroxylation is 1. The van der Waals surface area contributed by atoms with Crippen molar-refractivity contribution in [3.8, 4) is 5.75 Å². The molecule has 2 heterocycles. The maximum absolute atomic E-state index is 10.8. The van der Waals surface area contributed by atoms with E-state index in [9.17, 15) is 4.79 Å². The summed E-state index contributed by atoms with van der Waals surface area (Å²) < 4.78 is 7.39. The van der Waals surface area contributed by atoms with Crippen LogP contribution in [0.3, 0.4) is 0 Å². The number of hydrogen-bond acceptors (Lipinski definition) is 4. The summed E-state index contributed by atoms with van der Waals surface area (Å²) in [5, 5.41) is 10.6. The molecule has 1 N–H and O–H groups in total. The van der Waals surface area contributed by atoms with Crippen molar-refractivity contribution in [3.63, 3.8) is 0 Å². The molecular formula is C11H12N2O3S. The summed E-state index contributed by atoms with van der Waals surface area (Å²) >= 11 is 1.17. The molecule has 6 heteroatoms. The lowest BCUT2D eigenvalue weighted by molar-refractivity contribution is 0.0698. The second kappa shape index (κ2) is 5.49. The normalized spacial score (nSPS) is 10.4. The van der Waals surface area contributed by atoms with Gasteiger partial charge in [0.1, 0.15) is 5.75 Å². The molecule has 0 aromatic carbocycles. The predicted molar refractivity (Wildman–Crippen MR) is 63.6 cm³/mol. The number of carbonyl (C=O) groups is 1. The summed E-state index contributed by atoms with van der Waals surface area (Å²) in [6.45, 7) is 1.31. The second-order valence-electron chi connectivity index (χ2n) is 3.42. The summed E-state index contributed by atoms with van der Waals surface area (Å²) in [6, 6.07) is 1.69. The summed E-state index contributed by atoms with van der Waals surface area (Å²) in [6.07, 6.45) is 6.16. The number of carboxylic acid groups (broad SMARTS) is 1. The van der Waals surface area contributed by atoms with E-state index in [-0.39, 0.29) is 4.88 Å². The standard InChI is InChI=1S/C11H12N2O3S/c14-11(15)10-9(2-7-17-10)16-6-1-4-13-5-3-12-8-13/h2-3,5,7-8H,1,4,6H2,(H,14,15). The van der Waals surface area contributed by atoms with Crippen molar-refractivity contribution in [1.82, 2.24) is 9.55 Å². The number of aromatic nitrogens is 2. The topological polar surface area (TPSA) is 64.3 Å². The molecule has 5 nitrogen and oxygen atoms in total. The predicted octanol–water partition coefficient (Wildman–Crippen LogP) is 2.11. The molecule has 0 amide bonds. The first-order valence-corrected chi connectivity index (χ1v) is 6.04. The summed E-state index contributed by atoms with van der Waals surface area (Å²) in [7, 11) is 0. The van der Waals surface area contributed by atoms with Crippen LogP contribution in [0.5, 0.6) is 5.75 Å². The van der Waals surface area contributed by atoms with Crippen LogP contribution < -0.4 is 4.74 Å². The van der Waals surface area contributed by atoms with E-state index in [1.165, 1.54) is 11.3 Å². The highest BCUT2D eigenvalue weighted by molar-refractivity contribution is 7.12. The van der Waals surface area contributed by atoms with Crippen molar-refractivity contribution in [1.29, 1.82) is 0 Å². The molecule has 0 aliphatic carbocycles. The average Bonchev–Trinajstić information content (AvgIpc) is 2.95. The molecule has 0 fully saturated rings. The van der Waals surface area contributed by atoms with Gasteiger partial charge in [-0.25, -0.2) is 9.78 Å². The Morgan fingerprint density at radius 3 is 3.18 bits per heavy atom. The van der Waals surface area contributed by atoms with Gasteiger partial charge in [0.15, 0.2) is 4.88 Å². The van der Waals surface area contributed by atoms with Gasteiger partial charge < -0.3 is 14.4 Å². The molecule has 0 unspecified atom stereocenters. The summed E-state index contributed by atoms with van der Waals surface area (Å²) in [4.78, 5) is 15.0. The van der Waals surface area contributed by atoms with Gasteiger partial charge in [0.2, 0.25) is 0 Å². The van der Waals surface area contributed by atoms with Gasteiger partial charge >= 0.3 is 5.97 Å². The lowest BCUT2D eigenvalue weighted by Crippen LogP contribution is -2.04. The summed E-state index contributed by atoms with van der Waals surface area (Å²) in [5.74, 6) is -0.488. The first-order valence-electron chi connectivity index (χ1n) is 5.16. The molecule has 0 saturated heterocycles. The second-order valence-corrected chi connectivity index (χ2v) is 4.34. The van der Waals surface area contributed by atoms with Crippen LogP contribution in [0.4, 0.5) is 0 Å². The lowest BCUT2D eigenvalue weighted by atomic mass is 10.4. The van der Waals surface area contributed by atoms with E-state index in [1.54, 1.807) is 24.0 Å². The smallest absolute Gasteiger partial charge is 0.349 e. The van der Waals surface area contributed by atoms with Crippen LogP contribution in [0.1, 0.15) is 16.1 Å². The van der Waals surface area contributed by atoms with Crippen LogP contribution in [0, 0.1) is 0 Å². The van der Waals surface area contributed by atoms with Crippen LogP contribution in [-0.2, 0) is 6.54 Å². The first kappa shape index (κ1) is 11.7. The molecule has 0 radical (unpaired) electrons. The van der Waals surface area contributed by atoms with Crippen LogP contribution in [0.15, 0.2) is 30.2 Å². The van der Waals surface area contributed by atoms with E-state index >= 15 is 0 Å². The van der Waals surface area contributed by atoms with Gasteiger partial charge in [-0.2, -0.15) is 0 Å². The summed E-state index contributed by atoms with van der Waals surface area (Å²) in [5.41, 5.74) is 0. The fourth-order valence-corrected chi connectivity index (χ4v) is 2.09. The van der Waals surface area contributed by atoms with E-state index in [1.807, 2.05) is 10.8 Å². The van der Waals surface area contributed by atoms with Gasteiger partial charge in [0, 0.05) is 18.9 Å². The van der Waals surface area contributed by atoms with E-state index < -0.39 is 5.97 Å². The Balaban J connectivity index is 1.78. The fraction of sp³-hybridized carbons (Fsp3) is 0.273. The fourth-order valence-electron chi connectivity index (χ4n) is 1.42. The SMILES string of the molecule is O=C(O)c1sccc1OCCCn1ccnc1. The zero-order valence-corrected chi connectivity index (χ0v) is 9.89. The van der Waals surface area contributed by atoms with Crippen molar-refractivity contribution in [3.05, 3.63) is 35.0 Å².